The predicted molar refractivity (Wildman–Crippen MR) is 69.5 cm³/mol. The molecule has 0 unspecified atom stereocenters. The van der Waals surface area contributed by atoms with Crippen LogP contribution in [0.2, 0.25) is 6.55 Å². The number of hydrogen-bond donors (Lipinski definition) is 1. The van der Waals surface area contributed by atoms with Crippen LogP contribution in [-0.2, 0) is 0 Å². The third-order valence-corrected chi connectivity index (χ3v) is 4.58. The normalized spacial score (nSPS) is 16.8. The highest BCUT2D eigenvalue weighted by Crippen LogP contribution is 2.19. The molecule has 0 radical (unpaired) electrons. The lowest BCUT2D eigenvalue weighted by Gasteiger charge is -2.20. The Morgan fingerprint density at radius 1 is 1.20 bits per heavy atom. The molecular formula is C13H17NSi. The van der Waals surface area contributed by atoms with Crippen molar-refractivity contribution < 1.29 is 0 Å². The Kier molecular flexibility index (Phi) is 3.07. The molecule has 0 saturated carbocycles. The zero-order valence-corrected chi connectivity index (χ0v) is 10.8. The van der Waals surface area contributed by atoms with Crippen molar-refractivity contribution in [1.82, 2.24) is 5.32 Å². The number of allylic oxidation sites excluding steroid dienone is 2. The zero-order chi connectivity index (χ0) is 10.7. The summed E-state index contributed by atoms with van der Waals surface area (Å²) in [5, 5.41) is 5.15. The van der Waals surface area contributed by atoms with Crippen molar-refractivity contribution >= 4 is 15.2 Å². The van der Waals surface area contributed by atoms with E-state index in [-0.39, 0.29) is 9.52 Å². The van der Waals surface area contributed by atoms with Gasteiger partial charge in [0.2, 0.25) is 0 Å². The largest absolute Gasteiger partial charge is 0.381 e. The van der Waals surface area contributed by atoms with E-state index in [0.29, 0.717) is 0 Å². The molecule has 1 aromatic carbocycles. The Balaban J connectivity index is 2.31. The van der Waals surface area contributed by atoms with Crippen LogP contribution in [-0.4, -0.2) is 16.1 Å². The van der Waals surface area contributed by atoms with E-state index in [1.807, 2.05) is 0 Å². The fraction of sp³-hybridized carbons (Fsp3) is 0.231. The number of dihydropyridines is 1. The molecule has 0 aromatic heterocycles. The Labute approximate surface area is 93.7 Å². The van der Waals surface area contributed by atoms with Gasteiger partial charge >= 0.3 is 0 Å². The summed E-state index contributed by atoms with van der Waals surface area (Å²) in [6, 6.07) is 10.5. The van der Waals surface area contributed by atoms with Crippen LogP contribution in [0.15, 0.2) is 47.2 Å². The molecule has 1 nitrogen and oxygen atoms in total. The summed E-state index contributed by atoms with van der Waals surface area (Å²) in [7, 11) is -0.00919. The Morgan fingerprint density at radius 3 is 2.53 bits per heavy atom. The summed E-state index contributed by atoms with van der Waals surface area (Å²) < 4.78 is 0. The molecular weight excluding hydrogens is 198 g/mol. The standard InChI is InChI=1S/C13H17NSi/c1-10-8-12(14-9-13(10)15-2)11-6-4-3-5-7-11/h3-8,14H,9,15H2,1-2H3. The zero-order valence-electron chi connectivity index (χ0n) is 9.38. The van der Waals surface area contributed by atoms with Gasteiger partial charge in [0.1, 0.15) is 0 Å². The highest BCUT2D eigenvalue weighted by atomic mass is 28.2. The van der Waals surface area contributed by atoms with Crippen LogP contribution in [0, 0.1) is 0 Å². The number of benzene rings is 1. The first-order valence-electron chi connectivity index (χ1n) is 5.51. The van der Waals surface area contributed by atoms with Crippen molar-refractivity contribution in [2.24, 2.45) is 0 Å². The van der Waals surface area contributed by atoms with Gasteiger partial charge in [-0.05, 0) is 18.6 Å². The lowest BCUT2D eigenvalue weighted by molar-refractivity contribution is 0.964. The van der Waals surface area contributed by atoms with Crippen LogP contribution in [0.4, 0.5) is 0 Å². The topological polar surface area (TPSA) is 12.0 Å². The summed E-state index contributed by atoms with van der Waals surface area (Å²) >= 11 is 0. The van der Waals surface area contributed by atoms with Gasteiger partial charge < -0.3 is 5.32 Å². The van der Waals surface area contributed by atoms with E-state index in [1.165, 1.54) is 16.8 Å². The van der Waals surface area contributed by atoms with Gasteiger partial charge in [-0.1, -0.05) is 47.6 Å². The maximum atomic E-state index is 3.50. The SMILES string of the molecule is C[SiH2]C1=C(C)C=C(c2ccccc2)NC1. The highest BCUT2D eigenvalue weighted by Gasteiger charge is 2.09. The Hall–Kier alpha value is -1.28. The molecule has 1 aliphatic rings. The molecule has 0 saturated heterocycles. The molecule has 1 heterocycles. The van der Waals surface area contributed by atoms with E-state index < -0.39 is 0 Å². The predicted octanol–water partition coefficient (Wildman–Crippen LogP) is 2.12. The molecule has 1 N–H and O–H groups in total. The van der Waals surface area contributed by atoms with Gasteiger partial charge in [0, 0.05) is 21.8 Å². The van der Waals surface area contributed by atoms with E-state index >= 15 is 0 Å². The smallest absolute Gasteiger partial charge is 0.0491 e. The second-order valence-corrected chi connectivity index (χ2v) is 5.48. The minimum Gasteiger partial charge on any atom is -0.381 e. The fourth-order valence-corrected chi connectivity index (χ4v) is 2.95. The Bertz CT molecular complexity index is 404. The molecule has 2 heteroatoms. The number of rotatable bonds is 2. The van der Waals surface area contributed by atoms with Crippen LogP contribution in [0.5, 0.6) is 0 Å². The molecule has 0 atom stereocenters. The second-order valence-electron chi connectivity index (χ2n) is 3.92. The number of hydrogen-bond acceptors (Lipinski definition) is 1. The third-order valence-electron chi connectivity index (χ3n) is 2.92. The van der Waals surface area contributed by atoms with Gasteiger partial charge in [-0.3, -0.25) is 0 Å². The van der Waals surface area contributed by atoms with Crippen LogP contribution in [0.3, 0.4) is 0 Å². The third kappa shape index (κ3) is 2.21. The first-order valence-corrected chi connectivity index (χ1v) is 7.63. The van der Waals surface area contributed by atoms with Crippen molar-refractivity contribution in [1.29, 1.82) is 0 Å². The lowest BCUT2D eigenvalue weighted by atomic mass is 10.1. The average Bonchev–Trinajstić information content (AvgIpc) is 2.30. The Morgan fingerprint density at radius 2 is 1.93 bits per heavy atom. The molecule has 0 fully saturated rings. The molecule has 0 aliphatic carbocycles. The van der Waals surface area contributed by atoms with Crippen LogP contribution in [0.1, 0.15) is 12.5 Å². The first-order chi connectivity index (χ1) is 7.31. The minimum atomic E-state index is -0.00919. The van der Waals surface area contributed by atoms with Crippen LogP contribution >= 0.6 is 0 Å². The summed E-state index contributed by atoms with van der Waals surface area (Å²) in [6.07, 6.45) is 2.28. The van der Waals surface area contributed by atoms with E-state index in [2.05, 4.69) is 55.2 Å². The van der Waals surface area contributed by atoms with E-state index in [0.717, 1.165) is 6.54 Å². The maximum Gasteiger partial charge on any atom is 0.0491 e. The van der Waals surface area contributed by atoms with Crippen molar-refractivity contribution in [3.8, 4) is 0 Å². The minimum absolute atomic E-state index is 0.00919. The summed E-state index contributed by atoms with van der Waals surface area (Å²) in [4.78, 5) is 0. The molecule has 0 bridgehead atoms. The molecule has 2 rings (SSSR count). The molecule has 0 spiro atoms. The lowest BCUT2D eigenvalue weighted by Crippen LogP contribution is -2.22. The van der Waals surface area contributed by atoms with E-state index in [9.17, 15) is 0 Å². The average molecular weight is 215 g/mol. The van der Waals surface area contributed by atoms with Gasteiger partial charge in [-0.15, -0.1) is 0 Å². The molecule has 15 heavy (non-hydrogen) atoms. The second kappa shape index (κ2) is 4.49. The van der Waals surface area contributed by atoms with Crippen molar-refractivity contribution in [3.63, 3.8) is 0 Å². The molecule has 0 amide bonds. The summed E-state index contributed by atoms with van der Waals surface area (Å²) in [6.45, 7) is 5.63. The maximum absolute atomic E-state index is 3.50. The molecule has 1 aromatic rings. The van der Waals surface area contributed by atoms with E-state index in [4.69, 9.17) is 0 Å². The molecule has 78 valence electrons. The van der Waals surface area contributed by atoms with Gasteiger partial charge in [0.15, 0.2) is 0 Å². The van der Waals surface area contributed by atoms with Crippen LogP contribution < -0.4 is 5.32 Å². The number of nitrogens with one attached hydrogen (secondary N) is 1. The van der Waals surface area contributed by atoms with Crippen molar-refractivity contribution in [2.45, 2.75) is 13.5 Å². The quantitative estimate of drug-likeness (QED) is 0.745. The van der Waals surface area contributed by atoms with Gasteiger partial charge in [0.05, 0.1) is 0 Å². The molecule has 1 aliphatic heterocycles. The van der Waals surface area contributed by atoms with Crippen molar-refractivity contribution in [2.75, 3.05) is 6.54 Å². The summed E-state index contributed by atoms with van der Waals surface area (Å²) in [5.74, 6) is 0. The fourth-order valence-electron chi connectivity index (χ4n) is 1.92. The highest BCUT2D eigenvalue weighted by molar-refractivity contribution is 6.44. The van der Waals surface area contributed by atoms with Crippen molar-refractivity contribution in [3.05, 3.63) is 52.7 Å². The monoisotopic (exact) mass is 215 g/mol. The first kappa shape index (κ1) is 10.2. The van der Waals surface area contributed by atoms with E-state index in [1.54, 1.807) is 5.20 Å². The van der Waals surface area contributed by atoms with Gasteiger partial charge in [0.25, 0.3) is 0 Å². The van der Waals surface area contributed by atoms with Gasteiger partial charge in [-0.25, -0.2) is 0 Å². The van der Waals surface area contributed by atoms with Crippen LogP contribution in [0.25, 0.3) is 5.70 Å². The summed E-state index contributed by atoms with van der Waals surface area (Å²) in [5.41, 5.74) is 4.02. The van der Waals surface area contributed by atoms with Gasteiger partial charge in [-0.2, -0.15) is 0 Å².